The Hall–Kier alpha value is -0.830. The minimum Gasteiger partial charge on any atom is -0.339 e. The van der Waals surface area contributed by atoms with Crippen LogP contribution in [0.15, 0.2) is 0 Å². The summed E-state index contributed by atoms with van der Waals surface area (Å²) in [5.41, 5.74) is 0. The normalized spacial score (nSPS) is 19.9. The van der Waals surface area contributed by atoms with E-state index in [0.29, 0.717) is 0 Å². The number of sulfone groups is 1. The summed E-state index contributed by atoms with van der Waals surface area (Å²) in [5.74, 6) is -0.660. The topological polar surface area (TPSA) is 57.7 Å². The summed E-state index contributed by atoms with van der Waals surface area (Å²) < 4.78 is 59.9. The first-order chi connectivity index (χ1) is 9.07. The van der Waals surface area contributed by atoms with Gasteiger partial charge < -0.3 is 4.90 Å². The molecular weight excluding hydrogens is 297 g/mol. The molecule has 0 aromatic carbocycles. The van der Waals surface area contributed by atoms with Crippen LogP contribution in [-0.4, -0.2) is 74.0 Å². The molecule has 0 spiro atoms. The second-order valence-electron chi connectivity index (χ2n) is 4.81. The quantitative estimate of drug-likeness (QED) is 0.758. The van der Waals surface area contributed by atoms with Crippen LogP contribution < -0.4 is 0 Å². The smallest absolute Gasteiger partial charge is 0.339 e. The molecule has 1 atom stereocenters. The van der Waals surface area contributed by atoms with Gasteiger partial charge in [-0.1, -0.05) is 6.92 Å². The molecule has 0 bridgehead atoms. The highest BCUT2D eigenvalue weighted by atomic mass is 32.2. The largest absolute Gasteiger partial charge is 0.401 e. The van der Waals surface area contributed by atoms with E-state index in [2.05, 4.69) is 0 Å². The zero-order valence-corrected chi connectivity index (χ0v) is 12.3. The fraction of sp³-hybridized carbons (Fsp3) is 0.909. The maximum absolute atomic E-state index is 12.2. The van der Waals surface area contributed by atoms with Crippen molar-refractivity contribution in [2.75, 3.05) is 38.5 Å². The molecule has 0 N–H and O–H groups in total. The molecule has 1 heterocycles. The predicted molar refractivity (Wildman–Crippen MR) is 68.0 cm³/mol. The van der Waals surface area contributed by atoms with Crippen molar-refractivity contribution in [1.29, 1.82) is 0 Å². The fourth-order valence-corrected chi connectivity index (χ4v) is 3.00. The van der Waals surface area contributed by atoms with E-state index in [1.54, 1.807) is 0 Å². The van der Waals surface area contributed by atoms with Gasteiger partial charge in [0.1, 0.15) is 5.25 Å². The molecule has 0 saturated carbocycles. The molecule has 1 aliphatic rings. The van der Waals surface area contributed by atoms with Gasteiger partial charge in [0.15, 0.2) is 9.84 Å². The van der Waals surface area contributed by atoms with Gasteiger partial charge in [-0.15, -0.1) is 0 Å². The summed E-state index contributed by atoms with van der Waals surface area (Å²) in [6.07, 6.45) is -4.26. The second kappa shape index (κ2) is 6.30. The van der Waals surface area contributed by atoms with Crippen molar-refractivity contribution in [3.63, 3.8) is 0 Å². The number of alkyl halides is 3. The van der Waals surface area contributed by atoms with Crippen LogP contribution in [0.3, 0.4) is 0 Å². The molecule has 5 nitrogen and oxygen atoms in total. The summed E-state index contributed by atoms with van der Waals surface area (Å²) >= 11 is 0. The molecular formula is C11H19F3N2O3S. The third kappa shape index (κ3) is 4.62. The highest BCUT2D eigenvalue weighted by Gasteiger charge is 2.35. The number of carbonyl (C=O) groups is 1. The van der Waals surface area contributed by atoms with Gasteiger partial charge in [0.25, 0.3) is 0 Å². The first-order valence-corrected chi connectivity index (χ1v) is 8.08. The first kappa shape index (κ1) is 17.2. The van der Waals surface area contributed by atoms with E-state index in [0.717, 1.165) is 0 Å². The minimum absolute atomic E-state index is 0.101. The number of hydrogen-bond acceptors (Lipinski definition) is 4. The molecule has 0 aliphatic carbocycles. The minimum atomic E-state index is -4.26. The maximum atomic E-state index is 12.2. The van der Waals surface area contributed by atoms with Gasteiger partial charge in [-0.2, -0.15) is 13.2 Å². The molecule has 118 valence electrons. The Labute approximate surface area is 116 Å². The van der Waals surface area contributed by atoms with Crippen LogP contribution in [0.2, 0.25) is 0 Å². The van der Waals surface area contributed by atoms with Gasteiger partial charge in [-0.25, -0.2) is 8.42 Å². The average molecular weight is 316 g/mol. The third-order valence-electron chi connectivity index (χ3n) is 3.38. The molecule has 1 rings (SSSR count). The van der Waals surface area contributed by atoms with Crippen LogP contribution in [-0.2, 0) is 14.6 Å². The number of nitrogens with zero attached hydrogens (tertiary/aromatic N) is 2. The van der Waals surface area contributed by atoms with E-state index in [1.165, 1.54) is 23.6 Å². The number of piperazine rings is 1. The highest BCUT2D eigenvalue weighted by Crippen LogP contribution is 2.18. The van der Waals surface area contributed by atoms with Crippen molar-refractivity contribution in [3.8, 4) is 0 Å². The van der Waals surface area contributed by atoms with Crippen LogP contribution in [0.5, 0.6) is 0 Å². The molecule has 0 radical (unpaired) electrons. The Morgan fingerprint density at radius 1 is 1.20 bits per heavy atom. The Bertz CT molecular complexity index is 442. The van der Waals surface area contributed by atoms with Crippen molar-refractivity contribution < 1.29 is 26.4 Å². The van der Waals surface area contributed by atoms with Crippen LogP contribution >= 0.6 is 0 Å². The zero-order chi connectivity index (χ0) is 15.6. The number of halogens is 3. The van der Waals surface area contributed by atoms with Gasteiger partial charge in [-0.05, 0) is 6.92 Å². The van der Waals surface area contributed by atoms with Crippen LogP contribution in [0.25, 0.3) is 0 Å². The van der Waals surface area contributed by atoms with Gasteiger partial charge in [0.05, 0.1) is 6.54 Å². The molecule has 0 aromatic rings. The average Bonchev–Trinajstić information content (AvgIpc) is 2.36. The van der Waals surface area contributed by atoms with Crippen molar-refractivity contribution >= 4 is 15.7 Å². The lowest BCUT2D eigenvalue weighted by Gasteiger charge is -2.36. The fourth-order valence-electron chi connectivity index (χ4n) is 2.04. The first-order valence-electron chi connectivity index (χ1n) is 6.36. The maximum Gasteiger partial charge on any atom is 0.401 e. The van der Waals surface area contributed by atoms with E-state index < -0.39 is 33.7 Å². The monoisotopic (exact) mass is 316 g/mol. The van der Waals surface area contributed by atoms with Gasteiger partial charge in [-0.3, -0.25) is 9.69 Å². The van der Waals surface area contributed by atoms with E-state index in [4.69, 9.17) is 0 Å². The SMILES string of the molecule is CCS(=O)(=O)C(C)C(=O)N1CCN(CC(F)(F)F)CC1. The molecule has 1 fully saturated rings. The number of carbonyl (C=O) groups excluding carboxylic acids is 1. The summed E-state index contributed by atoms with van der Waals surface area (Å²) in [4.78, 5) is 14.5. The lowest BCUT2D eigenvalue weighted by Crippen LogP contribution is -2.53. The second-order valence-corrected chi connectivity index (χ2v) is 7.42. The molecule has 1 aliphatic heterocycles. The summed E-state index contributed by atoms with van der Waals surface area (Å²) in [7, 11) is -3.47. The van der Waals surface area contributed by atoms with E-state index >= 15 is 0 Å². The van der Waals surface area contributed by atoms with E-state index in [-0.39, 0.29) is 31.9 Å². The van der Waals surface area contributed by atoms with E-state index in [9.17, 15) is 26.4 Å². The lowest BCUT2D eigenvalue weighted by atomic mass is 10.3. The third-order valence-corrected chi connectivity index (χ3v) is 5.46. The Kier molecular flexibility index (Phi) is 5.42. The van der Waals surface area contributed by atoms with E-state index in [1.807, 2.05) is 0 Å². The number of hydrogen-bond donors (Lipinski definition) is 0. The van der Waals surface area contributed by atoms with Crippen LogP contribution in [0.1, 0.15) is 13.8 Å². The number of rotatable bonds is 4. The van der Waals surface area contributed by atoms with Crippen LogP contribution in [0, 0.1) is 0 Å². The van der Waals surface area contributed by atoms with Gasteiger partial charge in [0, 0.05) is 31.9 Å². The summed E-state index contributed by atoms with van der Waals surface area (Å²) in [6.45, 7) is 2.23. The summed E-state index contributed by atoms with van der Waals surface area (Å²) in [6, 6.07) is 0. The van der Waals surface area contributed by atoms with Crippen molar-refractivity contribution in [2.24, 2.45) is 0 Å². The molecule has 9 heteroatoms. The molecule has 1 unspecified atom stereocenters. The predicted octanol–water partition coefficient (Wildman–Crippen LogP) is 0.516. The summed E-state index contributed by atoms with van der Waals surface area (Å²) in [5, 5.41) is -1.14. The Morgan fingerprint density at radius 3 is 2.10 bits per heavy atom. The van der Waals surface area contributed by atoms with Crippen molar-refractivity contribution in [3.05, 3.63) is 0 Å². The standard InChI is InChI=1S/C11H19F3N2O3S/c1-3-20(18,19)9(2)10(17)16-6-4-15(5-7-16)8-11(12,13)14/h9H,3-8H2,1-2H3. The Morgan fingerprint density at radius 2 is 1.70 bits per heavy atom. The van der Waals surface area contributed by atoms with Crippen molar-refractivity contribution in [2.45, 2.75) is 25.3 Å². The molecule has 0 aromatic heterocycles. The van der Waals surface area contributed by atoms with Gasteiger partial charge in [0.2, 0.25) is 5.91 Å². The molecule has 1 saturated heterocycles. The van der Waals surface area contributed by atoms with Crippen molar-refractivity contribution in [1.82, 2.24) is 9.80 Å². The number of amides is 1. The zero-order valence-electron chi connectivity index (χ0n) is 11.5. The molecule has 20 heavy (non-hydrogen) atoms. The Balaban J connectivity index is 2.56. The lowest BCUT2D eigenvalue weighted by molar-refractivity contribution is -0.151. The highest BCUT2D eigenvalue weighted by molar-refractivity contribution is 7.92. The van der Waals surface area contributed by atoms with Gasteiger partial charge >= 0.3 is 6.18 Å². The van der Waals surface area contributed by atoms with Crippen LogP contribution in [0.4, 0.5) is 13.2 Å². The molecule has 1 amide bonds.